The van der Waals surface area contributed by atoms with Crippen LogP contribution in [0, 0.1) is 5.41 Å². The van der Waals surface area contributed by atoms with Crippen molar-refractivity contribution in [3.63, 3.8) is 0 Å². The maximum Gasteiger partial charge on any atom is 0.405 e. The predicted octanol–water partition coefficient (Wildman–Crippen LogP) is 3.78. The number of aliphatic hydroxyl groups excluding tert-OH is 1. The van der Waals surface area contributed by atoms with E-state index < -0.39 is 41.6 Å². The lowest BCUT2D eigenvalue weighted by molar-refractivity contribution is -0.126. The molecule has 1 heterocycles. The van der Waals surface area contributed by atoms with Crippen molar-refractivity contribution in [3.8, 4) is 11.3 Å². The number of amides is 2. The monoisotopic (exact) mass is 518 g/mol. The van der Waals surface area contributed by atoms with Gasteiger partial charge < -0.3 is 26.6 Å². The predicted molar refractivity (Wildman–Crippen MR) is 148 cm³/mol. The fourth-order valence-corrected chi connectivity index (χ4v) is 4.39. The van der Waals surface area contributed by atoms with Crippen LogP contribution < -0.4 is 16.4 Å². The molecule has 2 aromatic carbocycles. The maximum absolute atomic E-state index is 13.2. The normalized spacial score (nSPS) is 14.7. The molecule has 0 aliphatic rings. The summed E-state index contributed by atoms with van der Waals surface area (Å²) in [5.74, 6) is -0.446. The van der Waals surface area contributed by atoms with Crippen molar-refractivity contribution in [2.75, 3.05) is 0 Å². The summed E-state index contributed by atoms with van der Waals surface area (Å²) in [6, 6.07) is 21.3. The molecule has 0 saturated heterocycles. The lowest BCUT2D eigenvalue weighted by Crippen LogP contribution is -2.56. The van der Waals surface area contributed by atoms with Gasteiger partial charge >= 0.3 is 6.09 Å². The van der Waals surface area contributed by atoms with E-state index >= 15 is 0 Å². The van der Waals surface area contributed by atoms with Crippen molar-refractivity contribution in [2.24, 2.45) is 11.1 Å². The van der Waals surface area contributed by atoms with Gasteiger partial charge in [-0.1, -0.05) is 81.4 Å². The molecule has 8 nitrogen and oxygen atoms in total. The summed E-state index contributed by atoms with van der Waals surface area (Å²) in [5, 5.41) is 25.6. The number of aliphatic hydroxyl groups is 1. The first-order valence-electron chi connectivity index (χ1n) is 12.8. The number of pyridine rings is 1. The van der Waals surface area contributed by atoms with E-state index in [4.69, 9.17) is 5.73 Å². The van der Waals surface area contributed by atoms with Crippen molar-refractivity contribution < 1.29 is 19.8 Å². The molecule has 3 aromatic rings. The summed E-state index contributed by atoms with van der Waals surface area (Å²) in [5.41, 5.74) is 9.49. The van der Waals surface area contributed by atoms with Crippen LogP contribution in [0.25, 0.3) is 11.3 Å². The minimum absolute atomic E-state index is 0.214. The second kappa shape index (κ2) is 13.2. The zero-order chi connectivity index (χ0) is 27.7. The second-order valence-corrected chi connectivity index (χ2v) is 10.7. The van der Waals surface area contributed by atoms with Crippen LogP contribution in [0.5, 0.6) is 0 Å². The van der Waals surface area contributed by atoms with Crippen molar-refractivity contribution in [1.29, 1.82) is 0 Å². The number of aromatic nitrogens is 1. The van der Waals surface area contributed by atoms with Crippen LogP contribution in [-0.2, 0) is 17.6 Å². The van der Waals surface area contributed by atoms with Crippen molar-refractivity contribution in [2.45, 2.75) is 64.3 Å². The molecule has 2 unspecified atom stereocenters. The topological polar surface area (TPSA) is 138 Å². The molecule has 0 aliphatic carbocycles. The molecule has 3 rings (SSSR count). The molecule has 0 aliphatic heterocycles. The third-order valence-electron chi connectivity index (χ3n) is 6.47. The van der Waals surface area contributed by atoms with E-state index in [-0.39, 0.29) is 6.42 Å². The molecule has 2 amide bonds. The van der Waals surface area contributed by atoms with Gasteiger partial charge in [-0.15, -0.1) is 0 Å². The van der Waals surface area contributed by atoms with E-state index in [9.17, 15) is 19.8 Å². The third kappa shape index (κ3) is 8.68. The maximum atomic E-state index is 13.2. The number of rotatable bonds is 11. The highest BCUT2D eigenvalue weighted by molar-refractivity contribution is 5.86. The highest BCUT2D eigenvalue weighted by atomic mass is 16.4. The molecule has 202 valence electrons. The van der Waals surface area contributed by atoms with Crippen LogP contribution in [-0.4, -0.2) is 51.4 Å². The van der Waals surface area contributed by atoms with Gasteiger partial charge in [-0.05, 0) is 47.9 Å². The number of carboxylic acid groups (broad SMARTS) is 1. The van der Waals surface area contributed by atoms with E-state index in [0.29, 0.717) is 12.8 Å². The van der Waals surface area contributed by atoms with Gasteiger partial charge in [0.2, 0.25) is 5.91 Å². The highest BCUT2D eigenvalue weighted by Gasteiger charge is 2.34. The first kappa shape index (κ1) is 28.8. The SMILES string of the molecule is CC(C)(C)C(NC(=O)O)C(=O)NC(Cc1ccc(-c2ccccn2)cc1)C[C@H](O)[C@@H](N)Cc1ccccc1. The number of nitrogens with zero attached hydrogens (tertiary/aromatic N) is 1. The van der Waals surface area contributed by atoms with Crippen molar-refractivity contribution in [3.05, 3.63) is 90.1 Å². The van der Waals surface area contributed by atoms with Crippen LogP contribution in [0.4, 0.5) is 4.79 Å². The number of nitrogens with two attached hydrogens (primary N) is 1. The molecular weight excluding hydrogens is 480 g/mol. The van der Waals surface area contributed by atoms with Crippen LogP contribution in [0.2, 0.25) is 0 Å². The Labute approximate surface area is 224 Å². The van der Waals surface area contributed by atoms with Crippen molar-refractivity contribution >= 4 is 12.0 Å². The number of nitrogens with one attached hydrogen (secondary N) is 2. The number of benzene rings is 2. The average molecular weight is 519 g/mol. The highest BCUT2D eigenvalue weighted by Crippen LogP contribution is 2.22. The lowest BCUT2D eigenvalue weighted by Gasteiger charge is -2.32. The van der Waals surface area contributed by atoms with Crippen LogP contribution in [0.15, 0.2) is 79.0 Å². The lowest BCUT2D eigenvalue weighted by atomic mass is 9.85. The first-order chi connectivity index (χ1) is 18.0. The second-order valence-electron chi connectivity index (χ2n) is 10.7. The Morgan fingerprint density at radius 1 is 0.895 bits per heavy atom. The summed E-state index contributed by atoms with van der Waals surface area (Å²) < 4.78 is 0. The quantitative estimate of drug-likeness (QED) is 0.262. The van der Waals surface area contributed by atoms with Crippen molar-refractivity contribution in [1.82, 2.24) is 15.6 Å². The Hall–Kier alpha value is -3.75. The molecular formula is C30H38N4O4. The molecule has 0 radical (unpaired) electrons. The molecule has 0 spiro atoms. The van der Waals surface area contributed by atoms with Gasteiger partial charge in [-0.3, -0.25) is 9.78 Å². The molecule has 8 heteroatoms. The van der Waals surface area contributed by atoms with E-state index in [1.54, 1.807) is 27.0 Å². The third-order valence-corrected chi connectivity index (χ3v) is 6.47. The molecule has 38 heavy (non-hydrogen) atoms. The average Bonchev–Trinajstić information content (AvgIpc) is 2.88. The van der Waals surface area contributed by atoms with Gasteiger partial charge in [0.15, 0.2) is 0 Å². The summed E-state index contributed by atoms with van der Waals surface area (Å²) in [4.78, 5) is 29.0. The zero-order valence-corrected chi connectivity index (χ0v) is 22.2. The number of hydrogen-bond acceptors (Lipinski definition) is 5. The van der Waals surface area contributed by atoms with E-state index in [1.165, 1.54) is 0 Å². The fourth-order valence-electron chi connectivity index (χ4n) is 4.39. The Morgan fingerprint density at radius 3 is 2.11 bits per heavy atom. The standard InChI is InChI=1S/C30H38N4O4/c1-30(2,3)27(34-29(37)38)28(36)33-23(19-26(35)24(31)18-20-9-5-4-6-10-20)17-21-12-14-22(15-13-21)25-11-7-8-16-32-25/h4-16,23-24,26-27,34-35H,17-19,31H2,1-3H3,(H,33,36)(H,37,38)/t23?,24-,26-,27?/m0/s1. The molecule has 0 fully saturated rings. The molecule has 0 bridgehead atoms. The number of carbonyl (C=O) groups excluding carboxylic acids is 1. The smallest absolute Gasteiger partial charge is 0.405 e. The Morgan fingerprint density at radius 2 is 1.53 bits per heavy atom. The summed E-state index contributed by atoms with van der Waals surface area (Å²) in [6.45, 7) is 5.38. The van der Waals surface area contributed by atoms with Gasteiger partial charge in [-0.25, -0.2) is 4.79 Å². The summed E-state index contributed by atoms with van der Waals surface area (Å²) in [6.07, 6.45) is 0.734. The minimum atomic E-state index is -1.27. The minimum Gasteiger partial charge on any atom is -0.465 e. The van der Waals surface area contributed by atoms with Gasteiger partial charge in [0.25, 0.3) is 0 Å². The van der Waals surface area contributed by atoms with Gasteiger partial charge in [-0.2, -0.15) is 0 Å². The zero-order valence-electron chi connectivity index (χ0n) is 22.2. The summed E-state index contributed by atoms with van der Waals surface area (Å²) in [7, 11) is 0. The van der Waals surface area contributed by atoms with Gasteiger partial charge in [0, 0.05) is 23.8 Å². The molecule has 0 saturated carbocycles. The van der Waals surface area contributed by atoms with Crippen LogP contribution in [0.3, 0.4) is 0 Å². The van der Waals surface area contributed by atoms with E-state index in [1.807, 2.05) is 72.8 Å². The largest absolute Gasteiger partial charge is 0.465 e. The van der Waals surface area contributed by atoms with Crippen LogP contribution >= 0.6 is 0 Å². The molecule has 1 aromatic heterocycles. The van der Waals surface area contributed by atoms with Crippen LogP contribution in [0.1, 0.15) is 38.3 Å². The number of hydrogen-bond donors (Lipinski definition) is 5. The Balaban J connectivity index is 1.77. The first-order valence-corrected chi connectivity index (χ1v) is 12.8. The number of carbonyl (C=O) groups is 2. The fraction of sp³-hybridized carbons (Fsp3) is 0.367. The Kier molecular flexibility index (Phi) is 9.98. The molecule has 4 atom stereocenters. The molecule has 6 N–H and O–H groups in total. The van der Waals surface area contributed by atoms with E-state index in [2.05, 4.69) is 15.6 Å². The Bertz CT molecular complexity index is 1160. The van der Waals surface area contributed by atoms with E-state index in [0.717, 1.165) is 22.4 Å². The summed E-state index contributed by atoms with van der Waals surface area (Å²) >= 11 is 0. The van der Waals surface area contributed by atoms with Gasteiger partial charge in [0.1, 0.15) is 6.04 Å². The van der Waals surface area contributed by atoms with Gasteiger partial charge in [0.05, 0.1) is 11.8 Å².